The van der Waals surface area contributed by atoms with Crippen LogP contribution in [-0.2, 0) is 6.61 Å². The molecule has 0 aliphatic heterocycles. The SMILES string of the molecule is CC(C)n1ccc(COc2ccc(C(=O)O)cc2)n1. The highest BCUT2D eigenvalue weighted by molar-refractivity contribution is 5.87. The molecule has 19 heavy (non-hydrogen) atoms. The van der Waals surface area contributed by atoms with Crippen molar-refractivity contribution in [2.24, 2.45) is 0 Å². The first-order chi connectivity index (χ1) is 9.06. The zero-order chi connectivity index (χ0) is 13.8. The van der Waals surface area contributed by atoms with Crippen LogP contribution in [0, 0.1) is 0 Å². The summed E-state index contributed by atoms with van der Waals surface area (Å²) in [7, 11) is 0. The van der Waals surface area contributed by atoms with Crippen LogP contribution in [0.3, 0.4) is 0 Å². The van der Waals surface area contributed by atoms with E-state index < -0.39 is 5.97 Å². The van der Waals surface area contributed by atoms with E-state index in [-0.39, 0.29) is 5.56 Å². The van der Waals surface area contributed by atoms with Crippen molar-refractivity contribution in [2.75, 3.05) is 0 Å². The van der Waals surface area contributed by atoms with Crippen LogP contribution in [0.4, 0.5) is 0 Å². The molecule has 5 nitrogen and oxygen atoms in total. The maximum atomic E-state index is 10.7. The van der Waals surface area contributed by atoms with E-state index in [4.69, 9.17) is 9.84 Å². The number of ether oxygens (including phenoxy) is 1. The molecule has 1 aromatic carbocycles. The normalized spacial score (nSPS) is 10.7. The van der Waals surface area contributed by atoms with Gasteiger partial charge in [0.2, 0.25) is 0 Å². The fourth-order valence-corrected chi connectivity index (χ4v) is 1.59. The third kappa shape index (κ3) is 3.34. The third-order valence-electron chi connectivity index (χ3n) is 2.68. The Labute approximate surface area is 111 Å². The van der Waals surface area contributed by atoms with Crippen LogP contribution in [0.15, 0.2) is 36.5 Å². The maximum Gasteiger partial charge on any atom is 0.335 e. The molecule has 0 saturated heterocycles. The summed E-state index contributed by atoms with van der Waals surface area (Å²) in [6.07, 6.45) is 1.91. The highest BCUT2D eigenvalue weighted by Gasteiger charge is 2.04. The fourth-order valence-electron chi connectivity index (χ4n) is 1.59. The number of carboxylic acids is 1. The minimum absolute atomic E-state index is 0.247. The minimum atomic E-state index is -0.942. The van der Waals surface area contributed by atoms with Crippen LogP contribution in [0.1, 0.15) is 35.9 Å². The van der Waals surface area contributed by atoms with E-state index in [0.717, 1.165) is 5.69 Å². The Bertz CT molecular complexity index is 558. The number of aromatic carboxylic acids is 1. The standard InChI is InChI=1S/C14H16N2O3/c1-10(2)16-8-7-12(15-16)9-19-13-5-3-11(4-6-13)14(17)18/h3-8,10H,9H2,1-2H3,(H,17,18). The quantitative estimate of drug-likeness (QED) is 0.897. The van der Waals surface area contributed by atoms with Gasteiger partial charge in [-0.05, 0) is 44.2 Å². The monoisotopic (exact) mass is 260 g/mol. The van der Waals surface area contributed by atoms with E-state index in [9.17, 15) is 4.79 Å². The molecule has 0 radical (unpaired) electrons. The van der Waals surface area contributed by atoms with Gasteiger partial charge >= 0.3 is 5.97 Å². The zero-order valence-corrected chi connectivity index (χ0v) is 10.9. The average molecular weight is 260 g/mol. The molecule has 0 atom stereocenters. The van der Waals surface area contributed by atoms with Crippen LogP contribution < -0.4 is 4.74 Å². The number of nitrogens with zero attached hydrogens (tertiary/aromatic N) is 2. The molecule has 0 unspecified atom stereocenters. The van der Waals surface area contributed by atoms with Crippen molar-refractivity contribution >= 4 is 5.97 Å². The molecule has 0 bridgehead atoms. The average Bonchev–Trinajstić information content (AvgIpc) is 2.86. The lowest BCUT2D eigenvalue weighted by Crippen LogP contribution is -2.03. The molecular weight excluding hydrogens is 244 g/mol. The molecule has 0 amide bonds. The molecule has 1 aromatic heterocycles. The Morgan fingerprint density at radius 3 is 2.53 bits per heavy atom. The molecule has 2 aromatic rings. The summed E-state index contributed by atoms with van der Waals surface area (Å²) in [5.41, 5.74) is 1.09. The first-order valence-corrected chi connectivity index (χ1v) is 6.06. The Kier molecular flexibility index (Phi) is 3.85. The fraction of sp³-hybridized carbons (Fsp3) is 0.286. The molecule has 100 valence electrons. The Morgan fingerprint density at radius 1 is 1.32 bits per heavy atom. The van der Waals surface area contributed by atoms with Gasteiger partial charge < -0.3 is 9.84 Å². The third-order valence-corrected chi connectivity index (χ3v) is 2.68. The van der Waals surface area contributed by atoms with Gasteiger partial charge in [-0.1, -0.05) is 0 Å². The summed E-state index contributed by atoms with van der Waals surface area (Å²) in [5, 5.41) is 13.2. The van der Waals surface area contributed by atoms with Crippen LogP contribution in [-0.4, -0.2) is 20.9 Å². The summed E-state index contributed by atoms with van der Waals surface area (Å²) >= 11 is 0. The van der Waals surface area contributed by atoms with E-state index in [1.807, 2.05) is 16.9 Å². The largest absolute Gasteiger partial charge is 0.487 e. The molecule has 0 aliphatic carbocycles. The molecule has 0 saturated carbocycles. The van der Waals surface area contributed by atoms with E-state index >= 15 is 0 Å². The number of benzene rings is 1. The van der Waals surface area contributed by atoms with Gasteiger partial charge in [-0.2, -0.15) is 5.10 Å². The van der Waals surface area contributed by atoms with Crippen molar-refractivity contribution in [3.8, 4) is 5.75 Å². The van der Waals surface area contributed by atoms with Crippen LogP contribution in [0.2, 0.25) is 0 Å². The number of carboxylic acid groups (broad SMARTS) is 1. The van der Waals surface area contributed by atoms with Gasteiger partial charge in [-0.25, -0.2) is 4.79 Å². The van der Waals surface area contributed by atoms with E-state index in [2.05, 4.69) is 18.9 Å². The minimum Gasteiger partial charge on any atom is -0.487 e. The van der Waals surface area contributed by atoms with Crippen LogP contribution in [0.25, 0.3) is 0 Å². The molecule has 0 spiro atoms. The van der Waals surface area contributed by atoms with Gasteiger partial charge in [-0.15, -0.1) is 0 Å². The van der Waals surface area contributed by atoms with Crippen LogP contribution in [0.5, 0.6) is 5.75 Å². The predicted octanol–water partition coefficient (Wildman–Crippen LogP) is 2.74. The lowest BCUT2D eigenvalue weighted by Gasteiger charge is -2.05. The lowest BCUT2D eigenvalue weighted by atomic mass is 10.2. The second-order valence-electron chi connectivity index (χ2n) is 4.50. The van der Waals surface area contributed by atoms with Crippen LogP contribution >= 0.6 is 0 Å². The summed E-state index contributed by atoms with van der Waals surface area (Å²) in [6, 6.07) is 8.55. The Hall–Kier alpha value is -2.30. The van der Waals surface area contributed by atoms with Crippen molar-refractivity contribution in [3.05, 3.63) is 47.8 Å². The zero-order valence-electron chi connectivity index (χ0n) is 10.9. The highest BCUT2D eigenvalue weighted by Crippen LogP contribution is 2.14. The smallest absolute Gasteiger partial charge is 0.335 e. The first-order valence-electron chi connectivity index (χ1n) is 6.06. The molecule has 2 rings (SSSR count). The van der Waals surface area contributed by atoms with Gasteiger partial charge in [0, 0.05) is 12.2 Å². The number of rotatable bonds is 5. The molecule has 1 heterocycles. The summed E-state index contributed by atoms with van der Waals surface area (Å²) in [6.45, 7) is 4.48. The van der Waals surface area contributed by atoms with E-state index in [0.29, 0.717) is 18.4 Å². The lowest BCUT2D eigenvalue weighted by molar-refractivity contribution is 0.0697. The van der Waals surface area contributed by atoms with Crippen molar-refractivity contribution in [2.45, 2.75) is 26.5 Å². The second-order valence-corrected chi connectivity index (χ2v) is 4.50. The van der Waals surface area contributed by atoms with E-state index in [1.54, 1.807) is 12.1 Å². The number of aromatic nitrogens is 2. The molecule has 1 N–H and O–H groups in total. The van der Waals surface area contributed by atoms with Crippen molar-refractivity contribution in [3.63, 3.8) is 0 Å². The van der Waals surface area contributed by atoms with Gasteiger partial charge in [0.15, 0.2) is 0 Å². The number of carbonyl (C=O) groups is 1. The Balaban J connectivity index is 1.96. The maximum absolute atomic E-state index is 10.7. The summed E-state index contributed by atoms with van der Waals surface area (Å²) < 4.78 is 7.42. The van der Waals surface area contributed by atoms with Crippen molar-refractivity contribution in [1.29, 1.82) is 0 Å². The first kappa shape index (κ1) is 13.1. The van der Waals surface area contributed by atoms with E-state index in [1.165, 1.54) is 12.1 Å². The Morgan fingerprint density at radius 2 is 2.00 bits per heavy atom. The summed E-state index contributed by atoms with van der Waals surface area (Å²) in [5.74, 6) is -0.314. The van der Waals surface area contributed by atoms with Gasteiger partial charge in [0.05, 0.1) is 11.3 Å². The summed E-state index contributed by atoms with van der Waals surface area (Å²) in [4.78, 5) is 10.7. The predicted molar refractivity (Wildman–Crippen MR) is 70.3 cm³/mol. The number of hydrogen-bond acceptors (Lipinski definition) is 3. The number of hydrogen-bond donors (Lipinski definition) is 1. The van der Waals surface area contributed by atoms with Crippen molar-refractivity contribution < 1.29 is 14.6 Å². The molecule has 0 aliphatic rings. The molecule has 0 fully saturated rings. The topological polar surface area (TPSA) is 64.3 Å². The molecular formula is C14H16N2O3. The van der Waals surface area contributed by atoms with Crippen molar-refractivity contribution in [1.82, 2.24) is 9.78 Å². The highest BCUT2D eigenvalue weighted by atomic mass is 16.5. The molecule has 5 heteroatoms. The van der Waals surface area contributed by atoms with Gasteiger partial charge in [0.25, 0.3) is 0 Å². The second kappa shape index (κ2) is 5.56. The van der Waals surface area contributed by atoms with Gasteiger partial charge in [-0.3, -0.25) is 4.68 Å². The van der Waals surface area contributed by atoms with Gasteiger partial charge in [0.1, 0.15) is 12.4 Å².